The van der Waals surface area contributed by atoms with E-state index in [1.165, 1.54) is 0 Å². The van der Waals surface area contributed by atoms with Gasteiger partial charge in [-0.2, -0.15) is 4.39 Å². The average molecular weight is 638 g/mol. The van der Waals surface area contributed by atoms with Crippen molar-refractivity contribution >= 4 is 30.6 Å². The van der Waals surface area contributed by atoms with Crippen molar-refractivity contribution in [3.8, 4) is 0 Å². The molecule has 4 heterocycles. The van der Waals surface area contributed by atoms with Crippen LogP contribution >= 0.6 is 0 Å². The number of ether oxygens (including phenoxy) is 1. The quantitative estimate of drug-likeness (QED) is 0.204. The second-order valence-electron chi connectivity index (χ2n) is 13.5. The molecule has 0 bridgehead atoms. The van der Waals surface area contributed by atoms with Gasteiger partial charge in [-0.1, -0.05) is 68.4 Å². The minimum Gasteiger partial charge on any atom is -0.399 e. The first-order valence-electron chi connectivity index (χ1n) is 18.4. The summed E-state index contributed by atoms with van der Waals surface area (Å²) in [4.78, 5) is 0. The minimum atomic E-state index is -0.657. The van der Waals surface area contributed by atoms with Crippen LogP contribution in [-0.2, 0) is 23.4 Å². The van der Waals surface area contributed by atoms with Gasteiger partial charge in [-0.05, 0) is 106 Å². The number of hydrogen-bond donors (Lipinski definition) is 0. The van der Waals surface area contributed by atoms with Crippen molar-refractivity contribution in [2.24, 2.45) is 0 Å². The summed E-state index contributed by atoms with van der Waals surface area (Å²) in [6.07, 6.45) is 10.0. The predicted octanol–water partition coefficient (Wildman–Crippen LogP) is 9.42. The molecule has 3 fully saturated rings. The monoisotopic (exact) mass is 638 g/mol. The van der Waals surface area contributed by atoms with Gasteiger partial charge >= 0.3 is 14.2 Å². The molecule has 0 amide bonds. The van der Waals surface area contributed by atoms with Crippen molar-refractivity contribution in [3.63, 3.8) is 0 Å². The van der Waals surface area contributed by atoms with Crippen LogP contribution in [0, 0.1) is 5.95 Å². The smallest absolute Gasteiger partial charge is 0.399 e. The molecule has 254 valence electrons. The van der Waals surface area contributed by atoms with Gasteiger partial charge < -0.3 is 23.4 Å². The number of hydrogen-bond acceptors (Lipinski definition) is 6. The molecule has 2 aromatic rings. The van der Waals surface area contributed by atoms with Crippen LogP contribution in [0.25, 0.3) is 16.4 Å². The fourth-order valence-corrected chi connectivity index (χ4v) is 9.17. The van der Waals surface area contributed by atoms with Crippen LogP contribution in [0.4, 0.5) is 4.39 Å². The summed E-state index contributed by atoms with van der Waals surface area (Å²) < 4.78 is 51.8. The molecule has 1 atom stereocenters. The molecule has 46 heavy (non-hydrogen) atoms. The van der Waals surface area contributed by atoms with E-state index in [2.05, 4.69) is 73.5 Å². The third-order valence-corrected chi connectivity index (χ3v) is 12.2. The lowest BCUT2D eigenvalue weighted by Gasteiger charge is -2.42. The maximum Gasteiger partial charge on any atom is 0.494 e. The summed E-state index contributed by atoms with van der Waals surface area (Å²) in [6, 6.07) is 5.95. The SMILES string of the molecule is CCC(B1OC(CC)(CC)C(CC)(CC)O1)=C(B1OC(CC)(CC)C(CC)(CC)O1)c1ccc2c(c1)c(F)nn2C1CCCCO1. The van der Waals surface area contributed by atoms with Gasteiger partial charge in [-0.3, -0.25) is 0 Å². The second-order valence-corrected chi connectivity index (χ2v) is 13.5. The molecular formula is C36H57B2FN2O5. The Labute approximate surface area is 277 Å². The Hall–Kier alpha value is -1.71. The minimum absolute atomic E-state index is 0.258. The van der Waals surface area contributed by atoms with E-state index < -0.39 is 42.6 Å². The lowest BCUT2D eigenvalue weighted by atomic mass is 9.61. The fourth-order valence-electron chi connectivity index (χ4n) is 9.17. The number of benzene rings is 1. The molecular weight excluding hydrogens is 581 g/mol. The van der Waals surface area contributed by atoms with Crippen LogP contribution < -0.4 is 0 Å². The lowest BCUT2D eigenvalue weighted by molar-refractivity contribution is -0.0601. The van der Waals surface area contributed by atoms with Gasteiger partial charge in [0.1, 0.15) is 0 Å². The maximum absolute atomic E-state index is 15.7. The average Bonchev–Trinajstić information content (AvgIpc) is 3.75. The van der Waals surface area contributed by atoms with E-state index in [1.54, 1.807) is 4.68 Å². The number of fused-ring (bicyclic) bond motifs is 1. The first-order chi connectivity index (χ1) is 22.2. The second kappa shape index (κ2) is 14.0. The van der Waals surface area contributed by atoms with Crippen molar-refractivity contribution in [3.05, 3.63) is 35.2 Å². The highest BCUT2D eigenvalue weighted by Gasteiger charge is 2.62. The molecule has 1 aromatic heterocycles. The Kier molecular flexibility index (Phi) is 10.9. The van der Waals surface area contributed by atoms with Crippen LogP contribution in [0.1, 0.15) is 151 Å². The molecule has 1 unspecified atom stereocenters. The van der Waals surface area contributed by atoms with E-state index in [4.69, 9.17) is 23.4 Å². The molecule has 1 aromatic carbocycles. The Morgan fingerprint density at radius 1 is 0.761 bits per heavy atom. The molecule has 10 heteroatoms. The Morgan fingerprint density at radius 3 is 1.70 bits per heavy atom. The van der Waals surface area contributed by atoms with Gasteiger partial charge in [0, 0.05) is 6.61 Å². The molecule has 3 aliphatic rings. The Bertz CT molecular complexity index is 1330. The van der Waals surface area contributed by atoms with Gasteiger partial charge in [0.2, 0.25) is 5.95 Å². The van der Waals surface area contributed by atoms with Gasteiger partial charge in [0.15, 0.2) is 6.23 Å². The number of halogens is 1. The van der Waals surface area contributed by atoms with Gasteiger partial charge in [-0.25, -0.2) is 4.68 Å². The van der Waals surface area contributed by atoms with Crippen LogP contribution in [0.15, 0.2) is 23.7 Å². The third kappa shape index (κ3) is 5.42. The largest absolute Gasteiger partial charge is 0.494 e. The van der Waals surface area contributed by atoms with Crippen molar-refractivity contribution in [2.75, 3.05) is 6.61 Å². The topological polar surface area (TPSA) is 64.0 Å². The highest BCUT2D eigenvalue weighted by atomic mass is 19.1. The van der Waals surface area contributed by atoms with E-state index >= 15 is 4.39 Å². The van der Waals surface area contributed by atoms with E-state index in [-0.39, 0.29) is 6.23 Å². The van der Waals surface area contributed by atoms with E-state index in [9.17, 15) is 0 Å². The summed E-state index contributed by atoms with van der Waals surface area (Å²) in [5, 5.41) is 4.80. The molecule has 3 saturated heterocycles. The molecule has 0 radical (unpaired) electrons. The van der Waals surface area contributed by atoms with E-state index in [0.29, 0.717) is 18.4 Å². The molecule has 3 aliphatic heterocycles. The highest BCUT2D eigenvalue weighted by molar-refractivity contribution is 6.74. The summed E-state index contributed by atoms with van der Waals surface area (Å²) in [6.45, 7) is 20.4. The van der Waals surface area contributed by atoms with Crippen molar-refractivity contribution in [2.45, 2.75) is 168 Å². The number of rotatable bonds is 13. The molecule has 0 spiro atoms. The van der Waals surface area contributed by atoms with Crippen LogP contribution in [0.3, 0.4) is 0 Å². The highest BCUT2D eigenvalue weighted by Crippen LogP contribution is 2.52. The zero-order valence-corrected chi connectivity index (χ0v) is 30.0. The fraction of sp³-hybridized carbons (Fsp3) is 0.750. The zero-order chi connectivity index (χ0) is 33.3. The number of allylic oxidation sites excluding steroid dienone is 1. The summed E-state index contributed by atoms with van der Waals surface area (Å²) in [5.41, 5.74) is 1.73. The van der Waals surface area contributed by atoms with Gasteiger partial charge in [0.05, 0.1) is 33.3 Å². The third-order valence-electron chi connectivity index (χ3n) is 12.2. The van der Waals surface area contributed by atoms with Crippen molar-refractivity contribution in [1.82, 2.24) is 9.78 Å². The maximum atomic E-state index is 15.7. The number of nitrogens with zero attached hydrogens (tertiary/aromatic N) is 2. The molecule has 0 saturated carbocycles. The van der Waals surface area contributed by atoms with Crippen LogP contribution in [0.2, 0.25) is 0 Å². The lowest BCUT2D eigenvalue weighted by Crippen LogP contribution is -2.50. The summed E-state index contributed by atoms with van der Waals surface area (Å²) >= 11 is 0. The van der Waals surface area contributed by atoms with Crippen LogP contribution in [-0.4, -0.2) is 53.0 Å². The van der Waals surface area contributed by atoms with E-state index in [0.717, 1.165) is 92.7 Å². The molecule has 0 aliphatic carbocycles. The first kappa shape index (κ1) is 35.6. The van der Waals surface area contributed by atoms with Gasteiger partial charge in [-0.15, -0.1) is 5.10 Å². The number of aromatic nitrogens is 2. The molecule has 7 nitrogen and oxygen atoms in total. The standard InChI is InChI=1S/C36H57B2FN2O5/c1-10-28(37-43-33(11-2,12-3)34(13-4,14-5)44-37)31(38-45-35(15-6,16-7)36(17-8,18-9)46-38)26-22-23-29-27(25-26)32(39)40-41(29)30-21-19-20-24-42-30/h22-23,25,30H,10-21,24H2,1-9H3. The van der Waals surface area contributed by atoms with Crippen LogP contribution in [0.5, 0.6) is 0 Å². The summed E-state index contributed by atoms with van der Waals surface area (Å²) in [7, 11) is -1.23. The Morgan fingerprint density at radius 2 is 1.26 bits per heavy atom. The van der Waals surface area contributed by atoms with Crippen molar-refractivity contribution < 1.29 is 27.7 Å². The Balaban J connectivity index is 1.71. The zero-order valence-electron chi connectivity index (χ0n) is 30.0. The summed E-state index contributed by atoms with van der Waals surface area (Å²) in [5.74, 6) is -0.495. The molecule has 0 N–H and O–H groups in total. The van der Waals surface area contributed by atoms with Gasteiger partial charge in [0.25, 0.3) is 0 Å². The molecule has 5 rings (SSSR count). The predicted molar refractivity (Wildman–Crippen MR) is 185 cm³/mol. The van der Waals surface area contributed by atoms with E-state index in [1.807, 2.05) is 12.1 Å². The normalized spacial score (nSPS) is 24.2. The van der Waals surface area contributed by atoms with Crippen molar-refractivity contribution in [1.29, 1.82) is 0 Å². The first-order valence-corrected chi connectivity index (χ1v) is 18.4.